The fourth-order valence-corrected chi connectivity index (χ4v) is 1.32. The van der Waals surface area contributed by atoms with Crippen molar-refractivity contribution in [3.05, 3.63) is 47.9 Å². The van der Waals surface area contributed by atoms with Gasteiger partial charge in [0.05, 0.1) is 6.20 Å². The second-order valence-corrected chi connectivity index (χ2v) is 3.08. The molecule has 2 N–H and O–H groups in total. The third-order valence-corrected chi connectivity index (χ3v) is 2.13. The summed E-state index contributed by atoms with van der Waals surface area (Å²) >= 11 is 0. The lowest BCUT2D eigenvalue weighted by atomic mass is 10.1. The molecule has 0 aliphatic carbocycles. The summed E-state index contributed by atoms with van der Waals surface area (Å²) in [6, 6.07) is 1.58. The quantitative estimate of drug-likeness (QED) is 0.776. The maximum Gasteiger partial charge on any atom is 0.215 e. The highest BCUT2D eigenvalue weighted by molar-refractivity contribution is 5.28. The van der Waals surface area contributed by atoms with E-state index in [0.717, 1.165) is 11.1 Å². The number of aromatic nitrogens is 2. The van der Waals surface area contributed by atoms with Gasteiger partial charge in [-0.15, -0.1) is 0 Å². The molecule has 2 heterocycles. The summed E-state index contributed by atoms with van der Waals surface area (Å²) < 4.78 is 5.14. The van der Waals surface area contributed by atoms with Gasteiger partial charge >= 0.3 is 0 Å². The summed E-state index contributed by atoms with van der Waals surface area (Å²) in [5.74, 6) is 0.515. The van der Waals surface area contributed by atoms with Crippen molar-refractivity contribution in [3.63, 3.8) is 0 Å². The molecule has 0 aliphatic heterocycles. The van der Waals surface area contributed by atoms with Crippen molar-refractivity contribution in [2.45, 2.75) is 13.0 Å². The Hall–Kier alpha value is -1.68. The highest BCUT2D eigenvalue weighted by Crippen LogP contribution is 2.19. The Morgan fingerprint density at radius 1 is 1.43 bits per heavy atom. The highest BCUT2D eigenvalue weighted by Gasteiger charge is 2.14. The van der Waals surface area contributed by atoms with Gasteiger partial charge in [-0.1, -0.05) is 0 Å². The standard InChI is InChI=1S/C10H11N3O/c1-7-2-3-12-6-8(7)9(11)10-13-4-5-14-10/h2-6,9H,11H2,1H3. The molecule has 2 aromatic heterocycles. The molecule has 1 unspecified atom stereocenters. The van der Waals surface area contributed by atoms with Crippen molar-refractivity contribution >= 4 is 0 Å². The van der Waals surface area contributed by atoms with Crippen LogP contribution in [0.25, 0.3) is 0 Å². The van der Waals surface area contributed by atoms with Gasteiger partial charge in [-0.2, -0.15) is 0 Å². The first-order chi connectivity index (χ1) is 6.79. The second kappa shape index (κ2) is 3.59. The van der Waals surface area contributed by atoms with Crippen LogP contribution < -0.4 is 5.73 Å². The van der Waals surface area contributed by atoms with Crippen LogP contribution in [0.15, 0.2) is 35.3 Å². The maximum atomic E-state index is 5.97. The number of oxazole rings is 1. The van der Waals surface area contributed by atoms with Crippen LogP contribution in [0.3, 0.4) is 0 Å². The van der Waals surface area contributed by atoms with E-state index in [1.165, 1.54) is 6.26 Å². The van der Waals surface area contributed by atoms with Gasteiger partial charge in [0.25, 0.3) is 0 Å². The lowest BCUT2D eigenvalue weighted by Gasteiger charge is -2.09. The van der Waals surface area contributed by atoms with Crippen molar-refractivity contribution in [3.8, 4) is 0 Å². The first-order valence-corrected chi connectivity index (χ1v) is 4.34. The lowest BCUT2D eigenvalue weighted by molar-refractivity contribution is 0.473. The number of hydrogen-bond donors (Lipinski definition) is 1. The van der Waals surface area contributed by atoms with Crippen LogP contribution in [0.5, 0.6) is 0 Å². The molecule has 0 radical (unpaired) electrons. The third kappa shape index (κ3) is 1.52. The van der Waals surface area contributed by atoms with E-state index in [1.807, 2.05) is 13.0 Å². The molecule has 0 bridgehead atoms. The molecule has 2 aromatic rings. The van der Waals surface area contributed by atoms with Gasteiger partial charge < -0.3 is 10.2 Å². The monoisotopic (exact) mass is 189 g/mol. The molecule has 4 nitrogen and oxygen atoms in total. The largest absolute Gasteiger partial charge is 0.447 e. The Morgan fingerprint density at radius 2 is 2.29 bits per heavy atom. The molecule has 72 valence electrons. The van der Waals surface area contributed by atoms with Crippen LogP contribution in [0.4, 0.5) is 0 Å². The van der Waals surface area contributed by atoms with Crippen LogP contribution in [-0.4, -0.2) is 9.97 Å². The van der Waals surface area contributed by atoms with Crippen molar-refractivity contribution in [2.75, 3.05) is 0 Å². The number of pyridine rings is 1. The van der Waals surface area contributed by atoms with E-state index < -0.39 is 0 Å². The molecule has 1 atom stereocenters. The van der Waals surface area contributed by atoms with Crippen molar-refractivity contribution in [1.82, 2.24) is 9.97 Å². The molecular weight excluding hydrogens is 178 g/mol. The number of aryl methyl sites for hydroxylation is 1. The Balaban J connectivity index is 2.37. The minimum absolute atomic E-state index is 0.335. The summed E-state index contributed by atoms with van der Waals surface area (Å²) in [6.07, 6.45) is 6.58. The number of hydrogen-bond acceptors (Lipinski definition) is 4. The fraction of sp³-hybridized carbons (Fsp3) is 0.200. The molecule has 2 rings (SSSR count). The van der Waals surface area contributed by atoms with Crippen LogP contribution in [-0.2, 0) is 0 Å². The number of nitrogens with zero attached hydrogens (tertiary/aromatic N) is 2. The number of nitrogens with two attached hydrogens (primary N) is 1. The SMILES string of the molecule is Cc1ccncc1C(N)c1ncco1. The summed E-state index contributed by atoms with van der Waals surface area (Å²) in [4.78, 5) is 8.04. The van der Waals surface area contributed by atoms with Gasteiger partial charge in [0.15, 0.2) is 0 Å². The highest BCUT2D eigenvalue weighted by atomic mass is 16.3. The van der Waals surface area contributed by atoms with Gasteiger partial charge in [-0.25, -0.2) is 4.98 Å². The zero-order chi connectivity index (χ0) is 9.97. The molecule has 0 saturated carbocycles. The van der Waals surface area contributed by atoms with Crippen molar-refractivity contribution in [1.29, 1.82) is 0 Å². The van der Waals surface area contributed by atoms with E-state index >= 15 is 0 Å². The Labute approximate surface area is 81.8 Å². The predicted octanol–water partition coefficient (Wildman–Crippen LogP) is 1.43. The van der Waals surface area contributed by atoms with Crippen LogP contribution in [0, 0.1) is 6.92 Å². The normalized spacial score (nSPS) is 12.7. The summed E-state index contributed by atoms with van der Waals surface area (Å²) in [6.45, 7) is 1.99. The first kappa shape index (κ1) is 8.90. The lowest BCUT2D eigenvalue weighted by Crippen LogP contribution is -2.13. The fourth-order valence-electron chi connectivity index (χ4n) is 1.32. The Bertz CT molecular complexity index is 411. The topological polar surface area (TPSA) is 64.9 Å². The van der Waals surface area contributed by atoms with Gasteiger partial charge in [-0.05, 0) is 24.1 Å². The minimum atomic E-state index is -0.335. The Morgan fingerprint density at radius 3 is 2.93 bits per heavy atom. The van der Waals surface area contributed by atoms with E-state index in [-0.39, 0.29) is 6.04 Å². The maximum absolute atomic E-state index is 5.97. The van der Waals surface area contributed by atoms with Gasteiger partial charge in [0, 0.05) is 12.4 Å². The predicted molar refractivity (Wildman–Crippen MR) is 51.5 cm³/mol. The van der Waals surface area contributed by atoms with E-state index in [9.17, 15) is 0 Å². The van der Waals surface area contributed by atoms with Crippen LogP contribution in [0.1, 0.15) is 23.1 Å². The molecule has 0 fully saturated rings. The zero-order valence-electron chi connectivity index (χ0n) is 7.84. The molecule has 0 spiro atoms. The molecule has 0 amide bonds. The summed E-state index contributed by atoms with van der Waals surface area (Å²) in [5, 5.41) is 0. The smallest absolute Gasteiger partial charge is 0.215 e. The van der Waals surface area contributed by atoms with Crippen molar-refractivity contribution in [2.24, 2.45) is 5.73 Å². The van der Waals surface area contributed by atoms with E-state index in [4.69, 9.17) is 10.2 Å². The van der Waals surface area contributed by atoms with E-state index in [0.29, 0.717) is 5.89 Å². The van der Waals surface area contributed by atoms with Gasteiger partial charge in [0.2, 0.25) is 5.89 Å². The molecular formula is C10H11N3O. The third-order valence-electron chi connectivity index (χ3n) is 2.13. The van der Waals surface area contributed by atoms with E-state index in [2.05, 4.69) is 9.97 Å². The van der Waals surface area contributed by atoms with Gasteiger partial charge in [-0.3, -0.25) is 4.98 Å². The summed E-state index contributed by atoms with van der Waals surface area (Å²) in [5.41, 5.74) is 7.99. The molecule has 4 heteroatoms. The zero-order valence-corrected chi connectivity index (χ0v) is 7.84. The Kier molecular flexibility index (Phi) is 2.28. The van der Waals surface area contributed by atoms with Gasteiger partial charge in [0.1, 0.15) is 12.3 Å². The summed E-state index contributed by atoms with van der Waals surface area (Å²) in [7, 11) is 0. The first-order valence-electron chi connectivity index (χ1n) is 4.34. The average molecular weight is 189 g/mol. The van der Waals surface area contributed by atoms with E-state index in [1.54, 1.807) is 18.6 Å². The second-order valence-electron chi connectivity index (χ2n) is 3.08. The number of rotatable bonds is 2. The molecule has 0 aliphatic rings. The van der Waals surface area contributed by atoms with Crippen LogP contribution >= 0.6 is 0 Å². The van der Waals surface area contributed by atoms with Crippen LogP contribution in [0.2, 0.25) is 0 Å². The molecule has 0 saturated heterocycles. The molecule has 0 aromatic carbocycles. The van der Waals surface area contributed by atoms with Crippen molar-refractivity contribution < 1.29 is 4.42 Å². The molecule has 14 heavy (non-hydrogen) atoms. The minimum Gasteiger partial charge on any atom is -0.447 e. The average Bonchev–Trinajstić information content (AvgIpc) is 2.70.